The molecule has 0 aromatic heterocycles. The Morgan fingerprint density at radius 1 is 1.05 bits per heavy atom. The van der Waals surface area contributed by atoms with E-state index in [1.54, 1.807) is 43.4 Å². The van der Waals surface area contributed by atoms with Gasteiger partial charge in [-0.2, -0.15) is 0 Å². The average molecular weight is 344 g/mol. The van der Waals surface area contributed by atoms with Gasteiger partial charge in [-0.25, -0.2) is 0 Å². The van der Waals surface area contributed by atoms with E-state index in [1.165, 1.54) is 0 Å². The van der Waals surface area contributed by atoms with Crippen molar-refractivity contribution in [3.05, 3.63) is 62.6 Å². The first-order chi connectivity index (χ1) is 10.0. The minimum absolute atomic E-state index is 0.261. The minimum atomic E-state index is -0.261. The Hall–Kier alpha value is -1.42. The number of carbonyl (C=O) groups is 1. The summed E-state index contributed by atoms with van der Waals surface area (Å²) in [7, 11) is 1.78. The van der Waals surface area contributed by atoms with Gasteiger partial charge < -0.3 is 10.6 Å². The van der Waals surface area contributed by atoms with Crippen molar-refractivity contribution >= 4 is 46.4 Å². The van der Waals surface area contributed by atoms with E-state index in [0.717, 1.165) is 11.3 Å². The Labute approximate surface area is 138 Å². The number of amides is 1. The van der Waals surface area contributed by atoms with Gasteiger partial charge in [-0.15, -0.1) is 0 Å². The Morgan fingerprint density at radius 2 is 1.81 bits per heavy atom. The second kappa shape index (κ2) is 7.03. The molecule has 0 saturated heterocycles. The fraction of sp³-hybridized carbons (Fsp3) is 0.133. The normalized spacial score (nSPS) is 10.3. The number of nitrogens with one attached hydrogen (secondary N) is 2. The van der Waals surface area contributed by atoms with Crippen molar-refractivity contribution in [1.29, 1.82) is 0 Å². The van der Waals surface area contributed by atoms with E-state index in [0.29, 0.717) is 27.2 Å². The molecule has 2 aromatic carbocycles. The maximum atomic E-state index is 12.2. The van der Waals surface area contributed by atoms with E-state index in [-0.39, 0.29) is 5.91 Å². The molecule has 2 rings (SSSR count). The van der Waals surface area contributed by atoms with Crippen LogP contribution < -0.4 is 10.6 Å². The van der Waals surface area contributed by atoms with Crippen LogP contribution in [0.25, 0.3) is 0 Å². The van der Waals surface area contributed by atoms with Crippen molar-refractivity contribution in [3.8, 4) is 0 Å². The first kappa shape index (κ1) is 16.0. The predicted octanol–water partition coefficient (Wildman–Crippen LogP) is 4.62. The average Bonchev–Trinajstić information content (AvgIpc) is 2.46. The van der Waals surface area contributed by atoms with E-state index >= 15 is 0 Å². The molecule has 21 heavy (non-hydrogen) atoms. The maximum absolute atomic E-state index is 12.2. The molecule has 0 bridgehead atoms. The fourth-order valence-electron chi connectivity index (χ4n) is 1.79. The van der Waals surface area contributed by atoms with E-state index in [9.17, 15) is 4.79 Å². The number of halogens is 3. The SMILES string of the molecule is CNc1ccc(Cl)c(C(=O)NCc2ccc(Cl)cc2Cl)c1. The van der Waals surface area contributed by atoms with Crippen LogP contribution in [0.4, 0.5) is 5.69 Å². The van der Waals surface area contributed by atoms with E-state index in [2.05, 4.69) is 10.6 Å². The molecule has 0 aliphatic heterocycles. The summed E-state index contributed by atoms with van der Waals surface area (Å²) in [6.45, 7) is 0.301. The minimum Gasteiger partial charge on any atom is -0.388 e. The summed E-state index contributed by atoms with van der Waals surface area (Å²) in [5, 5.41) is 7.22. The molecule has 0 saturated carbocycles. The summed E-state index contributed by atoms with van der Waals surface area (Å²) < 4.78 is 0. The third-order valence-electron chi connectivity index (χ3n) is 2.95. The standard InChI is InChI=1S/C15H13Cl3N2O/c1-19-11-4-5-13(17)12(7-11)15(21)20-8-9-2-3-10(16)6-14(9)18/h2-7,19H,8H2,1H3,(H,20,21). The van der Waals surface area contributed by atoms with E-state index in [4.69, 9.17) is 34.8 Å². The molecule has 2 aromatic rings. The Balaban J connectivity index is 2.11. The summed E-state index contributed by atoms with van der Waals surface area (Å²) in [6.07, 6.45) is 0. The first-order valence-electron chi connectivity index (χ1n) is 6.20. The summed E-state index contributed by atoms with van der Waals surface area (Å²) in [5.41, 5.74) is 2.01. The summed E-state index contributed by atoms with van der Waals surface area (Å²) in [4.78, 5) is 12.2. The monoisotopic (exact) mass is 342 g/mol. The lowest BCUT2D eigenvalue weighted by Crippen LogP contribution is -2.23. The third-order valence-corrected chi connectivity index (χ3v) is 3.87. The van der Waals surface area contributed by atoms with Crippen LogP contribution in [0.1, 0.15) is 15.9 Å². The number of hydrogen-bond donors (Lipinski definition) is 2. The Bertz CT molecular complexity index is 674. The lowest BCUT2D eigenvalue weighted by molar-refractivity contribution is 0.0951. The smallest absolute Gasteiger partial charge is 0.253 e. The molecule has 2 N–H and O–H groups in total. The van der Waals surface area contributed by atoms with Gasteiger partial charge in [-0.1, -0.05) is 40.9 Å². The summed E-state index contributed by atoms with van der Waals surface area (Å²) in [5.74, 6) is -0.261. The lowest BCUT2D eigenvalue weighted by atomic mass is 10.1. The van der Waals surface area contributed by atoms with Crippen molar-refractivity contribution in [3.63, 3.8) is 0 Å². The van der Waals surface area contributed by atoms with Crippen LogP contribution in [0, 0.1) is 0 Å². The highest BCUT2D eigenvalue weighted by atomic mass is 35.5. The quantitative estimate of drug-likeness (QED) is 0.850. The molecule has 0 aliphatic rings. The van der Waals surface area contributed by atoms with Crippen molar-refractivity contribution in [2.24, 2.45) is 0 Å². The van der Waals surface area contributed by atoms with E-state index < -0.39 is 0 Å². The van der Waals surface area contributed by atoms with Gasteiger partial charge >= 0.3 is 0 Å². The highest BCUT2D eigenvalue weighted by Crippen LogP contribution is 2.22. The second-order valence-electron chi connectivity index (χ2n) is 4.36. The number of rotatable bonds is 4. The van der Waals surface area contributed by atoms with E-state index in [1.807, 2.05) is 0 Å². The second-order valence-corrected chi connectivity index (χ2v) is 5.61. The van der Waals surface area contributed by atoms with Crippen LogP contribution >= 0.6 is 34.8 Å². The van der Waals surface area contributed by atoms with Crippen molar-refractivity contribution in [2.75, 3.05) is 12.4 Å². The van der Waals surface area contributed by atoms with Crippen LogP contribution in [0.2, 0.25) is 15.1 Å². The zero-order chi connectivity index (χ0) is 15.4. The number of anilines is 1. The fourth-order valence-corrected chi connectivity index (χ4v) is 2.47. The topological polar surface area (TPSA) is 41.1 Å². The van der Waals surface area contributed by atoms with Crippen molar-refractivity contribution in [2.45, 2.75) is 6.54 Å². The highest BCUT2D eigenvalue weighted by molar-refractivity contribution is 6.35. The van der Waals surface area contributed by atoms with Crippen molar-refractivity contribution in [1.82, 2.24) is 5.32 Å². The number of hydrogen-bond acceptors (Lipinski definition) is 2. The molecule has 3 nitrogen and oxygen atoms in total. The van der Waals surface area contributed by atoms with Crippen molar-refractivity contribution < 1.29 is 4.79 Å². The van der Waals surface area contributed by atoms with Crippen LogP contribution in [0.5, 0.6) is 0 Å². The van der Waals surface area contributed by atoms with Gasteiger partial charge in [-0.05, 0) is 35.9 Å². The highest BCUT2D eigenvalue weighted by Gasteiger charge is 2.11. The van der Waals surface area contributed by atoms with Crippen LogP contribution in [0.3, 0.4) is 0 Å². The molecule has 6 heteroatoms. The van der Waals surface area contributed by atoms with Gasteiger partial charge in [-0.3, -0.25) is 4.79 Å². The van der Waals surface area contributed by atoms with Gasteiger partial charge in [0.25, 0.3) is 5.91 Å². The van der Waals surface area contributed by atoms with Crippen LogP contribution in [-0.2, 0) is 6.54 Å². The number of carbonyl (C=O) groups excluding carboxylic acids is 1. The molecule has 0 fully saturated rings. The summed E-state index contributed by atoms with van der Waals surface area (Å²) >= 11 is 17.9. The van der Waals surface area contributed by atoms with Gasteiger partial charge in [0.05, 0.1) is 10.6 Å². The molecule has 0 atom stereocenters. The van der Waals surface area contributed by atoms with Gasteiger partial charge in [0, 0.05) is 29.3 Å². The molecule has 110 valence electrons. The van der Waals surface area contributed by atoms with Crippen LogP contribution in [0.15, 0.2) is 36.4 Å². The zero-order valence-electron chi connectivity index (χ0n) is 11.2. The molecular formula is C15H13Cl3N2O. The molecule has 0 spiro atoms. The van der Waals surface area contributed by atoms with Gasteiger partial charge in [0.15, 0.2) is 0 Å². The molecule has 0 aliphatic carbocycles. The van der Waals surface area contributed by atoms with Gasteiger partial charge in [0.2, 0.25) is 0 Å². The molecule has 1 amide bonds. The molecule has 0 radical (unpaired) electrons. The summed E-state index contributed by atoms with van der Waals surface area (Å²) in [6, 6.07) is 10.3. The molecular weight excluding hydrogens is 331 g/mol. The maximum Gasteiger partial charge on any atom is 0.253 e. The largest absolute Gasteiger partial charge is 0.388 e. The van der Waals surface area contributed by atoms with Crippen LogP contribution in [-0.4, -0.2) is 13.0 Å². The number of benzene rings is 2. The Morgan fingerprint density at radius 3 is 2.48 bits per heavy atom. The first-order valence-corrected chi connectivity index (χ1v) is 7.34. The third kappa shape index (κ3) is 4.03. The lowest BCUT2D eigenvalue weighted by Gasteiger charge is -2.10. The Kier molecular flexibility index (Phi) is 5.34. The zero-order valence-corrected chi connectivity index (χ0v) is 13.5. The van der Waals surface area contributed by atoms with Gasteiger partial charge in [0.1, 0.15) is 0 Å². The predicted molar refractivity (Wildman–Crippen MR) is 88.6 cm³/mol. The molecule has 0 heterocycles. The molecule has 0 unspecified atom stereocenters.